The van der Waals surface area contributed by atoms with Crippen molar-refractivity contribution < 1.29 is 13.6 Å². The molecular formula is C14H16F2N4OS2. The minimum atomic E-state index is -2.48. The number of nitrogens with one attached hydrogen (secondary N) is 2. The van der Waals surface area contributed by atoms with E-state index in [0.29, 0.717) is 32.8 Å². The van der Waals surface area contributed by atoms with E-state index in [9.17, 15) is 13.6 Å². The first-order valence-electron chi connectivity index (χ1n) is 6.87. The monoisotopic (exact) mass is 358 g/mol. The van der Waals surface area contributed by atoms with Gasteiger partial charge < -0.3 is 9.88 Å². The lowest BCUT2D eigenvalue weighted by Gasteiger charge is -2.11. The van der Waals surface area contributed by atoms with E-state index in [1.54, 1.807) is 0 Å². The summed E-state index contributed by atoms with van der Waals surface area (Å²) in [4.78, 5) is 12.5. The van der Waals surface area contributed by atoms with Crippen LogP contribution in [0.3, 0.4) is 0 Å². The highest BCUT2D eigenvalue weighted by Gasteiger charge is 2.12. The summed E-state index contributed by atoms with van der Waals surface area (Å²) in [5, 5.41) is 9.53. The lowest BCUT2D eigenvalue weighted by Crippen LogP contribution is -2.25. The number of hydrogen-bond acceptors (Lipinski definition) is 4. The number of alkyl halides is 2. The van der Waals surface area contributed by atoms with Crippen LogP contribution in [0.25, 0.3) is 0 Å². The highest BCUT2D eigenvalue weighted by atomic mass is 32.2. The molecule has 5 nitrogen and oxygen atoms in total. The van der Waals surface area contributed by atoms with Gasteiger partial charge in [-0.3, -0.25) is 9.89 Å². The number of aromatic amines is 1. The molecule has 23 heavy (non-hydrogen) atoms. The van der Waals surface area contributed by atoms with Crippen LogP contribution in [0.4, 0.5) is 8.78 Å². The maximum absolute atomic E-state index is 12.3. The van der Waals surface area contributed by atoms with E-state index >= 15 is 0 Å². The Morgan fingerprint density at radius 1 is 1.39 bits per heavy atom. The second-order valence-electron chi connectivity index (χ2n) is 4.99. The van der Waals surface area contributed by atoms with Gasteiger partial charge in [-0.1, -0.05) is 11.8 Å². The van der Waals surface area contributed by atoms with Crippen LogP contribution in [0.5, 0.6) is 0 Å². The third-order valence-electron chi connectivity index (χ3n) is 3.04. The molecule has 9 heteroatoms. The number of thioether (sulfide) groups is 1. The molecule has 2 rings (SSSR count). The van der Waals surface area contributed by atoms with Crippen molar-refractivity contribution in [2.24, 2.45) is 0 Å². The molecule has 0 aliphatic heterocycles. The molecule has 0 aliphatic carbocycles. The minimum absolute atomic E-state index is 0.124. The van der Waals surface area contributed by atoms with Crippen LogP contribution in [-0.2, 0) is 6.54 Å². The molecule has 0 spiro atoms. The number of nitrogens with zero attached hydrogens (tertiary/aromatic N) is 2. The summed E-state index contributed by atoms with van der Waals surface area (Å²) < 4.78 is 26.8. The molecule has 0 aliphatic rings. The molecule has 0 saturated heterocycles. The van der Waals surface area contributed by atoms with Crippen LogP contribution in [0.1, 0.15) is 36.1 Å². The molecule has 2 aromatic rings. The average Bonchev–Trinajstić information content (AvgIpc) is 2.86. The Balaban J connectivity index is 2.01. The second kappa shape index (κ2) is 7.69. The third kappa shape index (κ3) is 4.61. The van der Waals surface area contributed by atoms with Gasteiger partial charge in [-0.05, 0) is 50.3 Å². The Bertz CT molecular complexity index is 725. The van der Waals surface area contributed by atoms with Gasteiger partial charge in [0.05, 0.1) is 6.54 Å². The van der Waals surface area contributed by atoms with Gasteiger partial charge in [0.2, 0.25) is 0 Å². The summed E-state index contributed by atoms with van der Waals surface area (Å²) in [5.41, 5.74) is 0.397. The predicted molar refractivity (Wildman–Crippen MR) is 87.3 cm³/mol. The van der Waals surface area contributed by atoms with Gasteiger partial charge >= 0.3 is 0 Å². The zero-order chi connectivity index (χ0) is 17.0. The Kier molecular flexibility index (Phi) is 5.89. The molecule has 0 bridgehead atoms. The molecule has 1 heterocycles. The summed E-state index contributed by atoms with van der Waals surface area (Å²) in [6.45, 7) is 4.16. The van der Waals surface area contributed by atoms with E-state index in [1.807, 2.05) is 18.4 Å². The molecule has 0 unspecified atom stereocenters. The Hall–Kier alpha value is -1.74. The van der Waals surface area contributed by atoms with Crippen molar-refractivity contribution in [3.8, 4) is 0 Å². The first kappa shape index (κ1) is 17.6. The molecule has 1 aromatic carbocycles. The SMILES string of the molecule is CC(C)n1c(CNC(=O)c2ccc(SC(F)F)cc2)n[nH]c1=S. The fraction of sp³-hybridized carbons (Fsp3) is 0.357. The van der Waals surface area contributed by atoms with Crippen LogP contribution < -0.4 is 5.32 Å². The van der Waals surface area contributed by atoms with Crippen LogP contribution in [0.15, 0.2) is 29.2 Å². The molecule has 1 amide bonds. The van der Waals surface area contributed by atoms with E-state index in [1.165, 1.54) is 24.3 Å². The number of H-pyrrole nitrogens is 1. The molecule has 0 fully saturated rings. The van der Waals surface area contributed by atoms with Crippen LogP contribution in [0, 0.1) is 4.77 Å². The van der Waals surface area contributed by atoms with Crippen molar-refractivity contribution in [3.05, 3.63) is 40.4 Å². The normalized spacial score (nSPS) is 11.2. The number of carbonyl (C=O) groups excluding carboxylic acids is 1. The van der Waals surface area contributed by atoms with Crippen molar-refractivity contribution in [2.45, 2.75) is 37.1 Å². The van der Waals surface area contributed by atoms with Gasteiger partial charge in [0.15, 0.2) is 10.6 Å². The Labute approximate surface area is 141 Å². The zero-order valence-electron chi connectivity index (χ0n) is 12.5. The fourth-order valence-electron chi connectivity index (χ4n) is 2.04. The average molecular weight is 358 g/mol. The van der Waals surface area contributed by atoms with E-state index in [2.05, 4.69) is 15.5 Å². The number of aromatic nitrogens is 3. The van der Waals surface area contributed by atoms with E-state index in [0.717, 1.165) is 0 Å². The quantitative estimate of drug-likeness (QED) is 0.610. The van der Waals surface area contributed by atoms with Crippen LogP contribution >= 0.6 is 24.0 Å². The highest BCUT2D eigenvalue weighted by Crippen LogP contribution is 2.25. The third-order valence-corrected chi connectivity index (χ3v) is 4.05. The maximum Gasteiger partial charge on any atom is 0.288 e. The van der Waals surface area contributed by atoms with Crippen molar-refractivity contribution in [1.29, 1.82) is 0 Å². The number of halogens is 2. The summed E-state index contributed by atoms with van der Waals surface area (Å²) in [5.74, 6) is -2.15. The van der Waals surface area contributed by atoms with Gasteiger partial charge in [0.1, 0.15) is 0 Å². The van der Waals surface area contributed by atoms with Gasteiger partial charge in [-0.2, -0.15) is 13.9 Å². The minimum Gasteiger partial charge on any atom is -0.345 e. The lowest BCUT2D eigenvalue weighted by molar-refractivity contribution is 0.0949. The van der Waals surface area contributed by atoms with Crippen molar-refractivity contribution in [1.82, 2.24) is 20.1 Å². The largest absolute Gasteiger partial charge is 0.345 e. The van der Waals surface area contributed by atoms with E-state index < -0.39 is 5.76 Å². The molecule has 124 valence electrons. The predicted octanol–water partition coefficient (Wildman–Crippen LogP) is 3.77. The van der Waals surface area contributed by atoms with Crippen molar-refractivity contribution in [2.75, 3.05) is 0 Å². The summed E-state index contributed by atoms with van der Waals surface area (Å²) in [6.07, 6.45) is 0. The first-order chi connectivity index (χ1) is 10.9. The van der Waals surface area contributed by atoms with E-state index in [-0.39, 0.29) is 18.5 Å². The molecule has 0 atom stereocenters. The standard InChI is InChI=1S/C14H16F2N4OS2/c1-8(2)20-11(18-19-14(20)22)7-17-12(21)9-3-5-10(6-4-9)23-13(15)16/h3-6,8,13H,7H2,1-2H3,(H,17,21)(H,19,22). The van der Waals surface area contributed by atoms with Gasteiger partial charge in [-0.25, -0.2) is 0 Å². The second-order valence-corrected chi connectivity index (χ2v) is 6.44. The van der Waals surface area contributed by atoms with Crippen LogP contribution in [-0.4, -0.2) is 26.4 Å². The van der Waals surface area contributed by atoms with Crippen molar-refractivity contribution >= 4 is 29.9 Å². The topological polar surface area (TPSA) is 62.7 Å². The smallest absolute Gasteiger partial charge is 0.288 e. The van der Waals surface area contributed by atoms with E-state index in [4.69, 9.17) is 12.2 Å². The maximum atomic E-state index is 12.3. The first-order valence-corrected chi connectivity index (χ1v) is 8.16. The molecule has 1 aromatic heterocycles. The van der Waals surface area contributed by atoms with Gasteiger partial charge in [-0.15, -0.1) is 0 Å². The summed E-state index contributed by atoms with van der Waals surface area (Å²) >= 11 is 5.58. The Morgan fingerprint density at radius 2 is 2.04 bits per heavy atom. The van der Waals surface area contributed by atoms with Crippen molar-refractivity contribution in [3.63, 3.8) is 0 Å². The highest BCUT2D eigenvalue weighted by molar-refractivity contribution is 7.99. The molecule has 0 saturated carbocycles. The number of benzene rings is 1. The number of carbonyl (C=O) groups is 1. The summed E-state index contributed by atoms with van der Waals surface area (Å²) in [7, 11) is 0. The Morgan fingerprint density at radius 3 is 2.61 bits per heavy atom. The molecular weight excluding hydrogens is 342 g/mol. The fourth-order valence-corrected chi connectivity index (χ4v) is 2.90. The number of rotatable bonds is 6. The van der Waals surface area contributed by atoms with Gasteiger partial charge in [0.25, 0.3) is 11.7 Å². The number of hydrogen-bond donors (Lipinski definition) is 2. The zero-order valence-corrected chi connectivity index (χ0v) is 14.2. The van der Waals surface area contributed by atoms with Crippen LogP contribution in [0.2, 0.25) is 0 Å². The van der Waals surface area contributed by atoms with Gasteiger partial charge in [0, 0.05) is 16.5 Å². The number of amides is 1. The molecule has 2 N–H and O–H groups in total. The summed E-state index contributed by atoms with van der Waals surface area (Å²) in [6, 6.07) is 6.14. The lowest BCUT2D eigenvalue weighted by atomic mass is 10.2. The molecule has 0 radical (unpaired) electrons.